The van der Waals surface area contributed by atoms with Gasteiger partial charge in [0.1, 0.15) is 0 Å². The maximum atomic E-state index is 3.81. The quantitative estimate of drug-likeness (QED) is 0.691. The number of nitrogens with one attached hydrogen (secondary N) is 1. The van der Waals surface area contributed by atoms with Gasteiger partial charge in [-0.3, -0.25) is 0 Å². The molecule has 0 aliphatic heterocycles. The lowest BCUT2D eigenvalue weighted by molar-refractivity contribution is 0.465. The summed E-state index contributed by atoms with van der Waals surface area (Å²) in [5.74, 6) is 0. The summed E-state index contributed by atoms with van der Waals surface area (Å²) in [4.78, 5) is 4.80. The average molecular weight is 415 g/mol. The van der Waals surface area contributed by atoms with E-state index in [9.17, 15) is 0 Å². The molecule has 2 heterocycles. The van der Waals surface area contributed by atoms with Crippen LogP contribution < -0.4 is 5.32 Å². The van der Waals surface area contributed by atoms with E-state index < -0.39 is 0 Å². The van der Waals surface area contributed by atoms with Gasteiger partial charge in [-0.1, -0.05) is 0 Å². The van der Waals surface area contributed by atoms with E-state index in [-0.39, 0.29) is 0 Å². The first-order valence-corrected chi connectivity index (χ1v) is 10.1. The van der Waals surface area contributed by atoms with Gasteiger partial charge in [-0.2, -0.15) is 0 Å². The van der Waals surface area contributed by atoms with Gasteiger partial charge >= 0.3 is 0 Å². The van der Waals surface area contributed by atoms with E-state index in [4.69, 9.17) is 0 Å². The zero-order chi connectivity index (χ0) is 13.5. The first kappa shape index (κ1) is 13.7. The molecule has 2 aromatic rings. The summed E-state index contributed by atoms with van der Waals surface area (Å²) in [5, 5.41) is 3.81. The molecule has 20 heavy (non-hydrogen) atoms. The summed E-state index contributed by atoms with van der Waals surface area (Å²) in [6, 6.07) is 5.42. The van der Waals surface area contributed by atoms with Crippen LogP contribution in [0.4, 0.5) is 0 Å². The topological polar surface area (TPSA) is 12.0 Å². The number of rotatable bonds is 3. The Labute approximate surface area is 141 Å². The Kier molecular flexibility index (Phi) is 3.92. The Morgan fingerprint density at radius 1 is 1.10 bits per heavy atom. The molecule has 2 aliphatic carbocycles. The third-order valence-corrected chi connectivity index (χ3v) is 7.61. The second-order valence-corrected chi connectivity index (χ2v) is 10.0. The molecule has 1 nitrogen and oxygen atoms in total. The highest BCUT2D eigenvalue weighted by Gasteiger charge is 2.22. The highest BCUT2D eigenvalue weighted by molar-refractivity contribution is 14.1. The molecule has 0 radical (unpaired) electrons. The summed E-state index contributed by atoms with van der Waals surface area (Å²) >= 11 is 6.48. The Morgan fingerprint density at radius 2 is 2.00 bits per heavy atom. The van der Waals surface area contributed by atoms with Crippen molar-refractivity contribution in [1.82, 2.24) is 5.32 Å². The fraction of sp³-hybridized carbons (Fsp3) is 0.500. The van der Waals surface area contributed by atoms with Crippen molar-refractivity contribution < 1.29 is 0 Å². The minimum absolute atomic E-state index is 0.579. The van der Waals surface area contributed by atoms with Gasteiger partial charge in [0.25, 0.3) is 0 Å². The Morgan fingerprint density at radius 3 is 2.90 bits per heavy atom. The SMILES string of the molecule is Ic1cc2c(s1)CCCC2NCc1cc2c(s1)CCC2. The number of fused-ring (bicyclic) bond motifs is 2. The maximum absolute atomic E-state index is 3.81. The lowest BCUT2D eigenvalue weighted by Gasteiger charge is -2.23. The van der Waals surface area contributed by atoms with Crippen LogP contribution >= 0.6 is 45.3 Å². The number of hydrogen-bond acceptors (Lipinski definition) is 3. The van der Waals surface area contributed by atoms with Crippen molar-refractivity contribution >= 4 is 45.3 Å². The largest absolute Gasteiger partial charge is 0.305 e. The molecular weight excluding hydrogens is 397 g/mol. The zero-order valence-corrected chi connectivity index (χ0v) is 15.2. The van der Waals surface area contributed by atoms with E-state index in [1.807, 2.05) is 22.7 Å². The molecule has 2 aliphatic rings. The van der Waals surface area contributed by atoms with Gasteiger partial charge in [-0.15, -0.1) is 22.7 Å². The molecular formula is C16H18INS2. The van der Waals surface area contributed by atoms with Gasteiger partial charge in [0.2, 0.25) is 0 Å². The van der Waals surface area contributed by atoms with Gasteiger partial charge in [0, 0.05) is 27.2 Å². The molecule has 1 N–H and O–H groups in total. The highest BCUT2D eigenvalue weighted by Crippen LogP contribution is 2.37. The molecule has 0 aromatic carbocycles. The van der Waals surface area contributed by atoms with Crippen LogP contribution in [0.5, 0.6) is 0 Å². The van der Waals surface area contributed by atoms with Crippen molar-refractivity contribution in [2.75, 3.05) is 0 Å². The number of aryl methyl sites for hydroxylation is 3. The van der Waals surface area contributed by atoms with Gasteiger partial charge < -0.3 is 5.32 Å². The molecule has 0 amide bonds. The number of hydrogen-bond donors (Lipinski definition) is 1. The Balaban J connectivity index is 1.47. The third kappa shape index (κ3) is 2.60. The van der Waals surface area contributed by atoms with E-state index >= 15 is 0 Å². The van der Waals surface area contributed by atoms with E-state index in [1.54, 1.807) is 20.9 Å². The van der Waals surface area contributed by atoms with Crippen LogP contribution in [0.3, 0.4) is 0 Å². The first-order valence-electron chi connectivity index (χ1n) is 7.41. The lowest BCUT2D eigenvalue weighted by atomic mass is 9.94. The standard InChI is InChI=1S/C16H18INS2/c17-16-8-12-13(4-2-6-15(12)20-16)18-9-11-7-10-3-1-5-14(10)19-11/h7-8,13,18H,1-6,9H2. The molecule has 0 spiro atoms. The van der Waals surface area contributed by atoms with Crippen molar-refractivity contribution in [1.29, 1.82) is 0 Å². The molecule has 1 unspecified atom stereocenters. The van der Waals surface area contributed by atoms with Crippen LogP contribution in [0.15, 0.2) is 12.1 Å². The smallest absolute Gasteiger partial charge is 0.0659 e. The number of halogens is 1. The Bertz CT molecular complexity index is 607. The van der Waals surface area contributed by atoms with Crippen molar-refractivity contribution in [3.63, 3.8) is 0 Å². The van der Waals surface area contributed by atoms with E-state index in [0.29, 0.717) is 6.04 Å². The minimum atomic E-state index is 0.579. The van der Waals surface area contributed by atoms with Crippen molar-refractivity contribution in [3.8, 4) is 0 Å². The van der Waals surface area contributed by atoms with Crippen LogP contribution in [0.2, 0.25) is 0 Å². The van der Waals surface area contributed by atoms with Gasteiger partial charge in [-0.25, -0.2) is 0 Å². The highest BCUT2D eigenvalue weighted by atomic mass is 127. The fourth-order valence-electron chi connectivity index (χ4n) is 3.43. The molecule has 0 saturated heterocycles. The normalized spacial score (nSPS) is 20.9. The molecule has 4 heteroatoms. The summed E-state index contributed by atoms with van der Waals surface area (Å²) in [6.45, 7) is 1.05. The maximum Gasteiger partial charge on any atom is 0.0659 e. The molecule has 106 valence electrons. The fourth-order valence-corrected chi connectivity index (χ4v) is 6.77. The van der Waals surface area contributed by atoms with Gasteiger partial charge in [0.05, 0.1) is 2.88 Å². The number of thiophene rings is 2. The summed E-state index contributed by atoms with van der Waals surface area (Å²) in [7, 11) is 0. The predicted molar refractivity (Wildman–Crippen MR) is 95.9 cm³/mol. The predicted octanol–water partition coefficient (Wildman–Crippen LogP) is 5.07. The van der Waals surface area contributed by atoms with Crippen LogP contribution in [0.25, 0.3) is 0 Å². The van der Waals surface area contributed by atoms with E-state index in [2.05, 4.69) is 40.0 Å². The van der Waals surface area contributed by atoms with Crippen molar-refractivity contribution in [3.05, 3.63) is 40.8 Å². The molecule has 4 rings (SSSR count). The van der Waals surface area contributed by atoms with Gasteiger partial charge in [-0.05, 0) is 84.4 Å². The van der Waals surface area contributed by atoms with Crippen molar-refractivity contribution in [2.24, 2.45) is 0 Å². The summed E-state index contributed by atoms with van der Waals surface area (Å²) in [6.07, 6.45) is 7.91. The molecule has 0 bridgehead atoms. The minimum Gasteiger partial charge on any atom is -0.305 e. The summed E-state index contributed by atoms with van der Waals surface area (Å²) < 4.78 is 1.44. The van der Waals surface area contributed by atoms with E-state index in [1.165, 1.54) is 46.3 Å². The average Bonchev–Trinajstić information content (AvgIpc) is 3.08. The zero-order valence-electron chi connectivity index (χ0n) is 11.4. The van der Waals surface area contributed by atoms with Crippen molar-refractivity contribution in [2.45, 2.75) is 51.1 Å². The van der Waals surface area contributed by atoms with Crippen LogP contribution in [-0.2, 0) is 25.8 Å². The van der Waals surface area contributed by atoms with Crippen LogP contribution in [-0.4, -0.2) is 0 Å². The third-order valence-electron chi connectivity index (χ3n) is 4.40. The summed E-state index contributed by atoms with van der Waals surface area (Å²) in [5.41, 5.74) is 3.20. The molecule has 0 saturated carbocycles. The second-order valence-electron chi connectivity index (χ2n) is 5.77. The Hall–Kier alpha value is 0.0900. The van der Waals surface area contributed by atoms with Gasteiger partial charge in [0.15, 0.2) is 0 Å². The molecule has 0 fully saturated rings. The van der Waals surface area contributed by atoms with Crippen LogP contribution in [0, 0.1) is 2.88 Å². The molecule has 1 atom stereocenters. The lowest BCUT2D eigenvalue weighted by Crippen LogP contribution is -2.23. The second kappa shape index (κ2) is 5.71. The van der Waals surface area contributed by atoms with E-state index in [0.717, 1.165) is 6.54 Å². The monoisotopic (exact) mass is 415 g/mol. The van der Waals surface area contributed by atoms with Crippen LogP contribution in [0.1, 0.15) is 51.1 Å². The first-order chi connectivity index (χ1) is 9.79. The molecule has 2 aromatic heterocycles.